The quantitative estimate of drug-likeness (QED) is 0.108. The summed E-state index contributed by atoms with van der Waals surface area (Å²) in [5.74, 6) is 2.29. The van der Waals surface area contributed by atoms with E-state index < -0.39 is 24.2 Å². The van der Waals surface area contributed by atoms with Gasteiger partial charge in [-0.15, -0.1) is 0 Å². The van der Waals surface area contributed by atoms with Gasteiger partial charge in [0.1, 0.15) is 0 Å². The number of hydrogen-bond acceptors (Lipinski definition) is 4. The van der Waals surface area contributed by atoms with E-state index in [1.54, 1.807) is 0 Å². The van der Waals surface area contributed by atoms with Crippen LogP contribution in [0.2, 0.25) is 0 Å². The van der Waals surface area contributed by atoms with Gasteiger partial charge in [-0.25, -0.2) is 0 Å². The van der Waals surface area contributed by atoms with Crippen molar-refractivity contribution in [3.05, 3.63) is 0 Å². The van der Waals surface area contributed by atoms with Crippen LogP contribution >= 0.6 is 0 Å². The molecule has 3 aliphatic carbocycles. The Balaban J connectivity index is 1.36. The molecule has 3 fully saturated rings. The van der Waals surface area contributed by atoms with E-state index in [0.29, 0.717) is 30.1 Å². The third kappa shape index (κ3) is 6.38. The van der Waals surface area contributed by atoms with Crippen LogP contribution in [0.15, 0.2) is 0 Å². The maximum absolute atomic E-state index is 13.5. The number of unbranched alkanes of at least 4 members (excludes halogenated alkanes) is 11. The molecule has 0 heterocycles. The average Bonchev–Trinajstić information content (AvgIpc) is 3.58. The van der Waals surface area contributed by atoms with Gasteiger partial charge in [-0.05, 0) is 5.92 Å². The van der Waals surface area contributed by atoms with Crippen molar-refractivity contribution in [2.75, 3.05) is 0 Å². The molecule has 238 valence electrons. The van der Waals surface area contributed by atoms with E-state index in [1.807, 2.05) is 0 Å². The van der Waals surface area contributed by atoms with Crippen LogP contribution in [0, 0.1) is 51.2 Å². The molecule has 0 N–H and O–H groups in total. The zero-order chi connectivity index (χ0) is 30.9. The molecule has 3 rings (SSSR count). The molecule has 0 aromatic carbocycles. The van der Waals surface area contributed by atoms with Crippen LogP contribution in [0.3, 0.4) is 0 Å². The zero-order valence-electron chi connectivity index (χ0n) is 28.9. The van der Waals surface area contributed by atoms with Crippen LogP contribution in [-0.4, -0.2) is 11.6 Å². The average molecular weight is 611 g/mol. The summed E-state index contributed by atoms with van der Waals surface area (Å²) in [4.78, 5) is 12.7. The summed E-state index contributed by atoms with van der Waals surface area (Å²) in [7, 11) is 0. The maximum atomic E-state index is 13.5. The van der Waals surface area contributed by atoms with Gasteiger partial charge in [-0.1, -0.05) is 39.5 Å². The topological polar surface area (TPSA) is 52.6 Å². The van der Waals surface area contributed by atoms with E-state index in [0.717, 1.165) is 18.8 Å². The molecule has 6 unspecified atom stereocenters. The van der Waals surface area contributed by atoms with Crippen molar-refractivity contribution in [3.63, 3.8) is 0 Å². The fourth-order valence-electron chi connectivity index (χ4n) is 10.1. The summed E-state index contributed by atoms with van der Waals surface area (Å²) in [5, 5.41) is 0. The van der Waals surface area contributed by atoms with Gasteiger partial charge in [0, 0.05) is 0 Å². The fourth-order valence-corrected chi connectivity index (χ4v) is 11.9. The first-order chi connectivity index (χ1) is 19.0. The van der Waals surface area contributed by atoms with Crippen molar-refractivity contribution in [2.45, 2.75) is 172 Å². The Hall–Kier alpha value is -0.0557. The molecule has 0 radical (unpaired) electrons. The van der Waals surface area contributed by atoms with Gasteiger partial charge < -0.3 is 0 Å². The van der Waals surface area contributed by atoms with Gasteiger partial charge in [0.25, 0.3) is 0 Å². The molecule has 0 bridgehead atoms. The Bertz CT molecular complexity index is 907. The number of carbonyl (C=O) groups excluding carboxylic acids is 1. The first-order valence-electron chi connectivity index (χ1n) is 17.5. The predicted molar refractivity (Wildman–Crippen MR) is 165 cm³/mol. The second-order valence-electron chi connectivity index (χ2n) is 16.6. The van der Waals surface area contributed by atoms with Crippen molar-refractivity contribution in [1.29, 1.82) is 0 Å². The Morgan fingerprint density at radius 2 is 1.10 bits per heavy atom. The van der Waals surface area contributed by atoms with Crippen LogP contribution in [0.1, 0.15) is 166 Å². The molecule has 41 heavy (non-hydrogen) atoms. The van der Waals surface area contributed by atoms with Crippen LogP contribution in [0.4, 0.5) is 0 Å². The Labute approximate surface area is 261 Å². The van der Waals surface area contributed by atoms with Crippen molar-refractivity contribution in [3.8, 4) is 0 Å². The molecule has 0 aromatic heterocycles. The zero-order valence-corrected chi connectivity index (χ0v) is 30.5. The van der Waals surface area contributed by atoms with Crippen molar-refractivity contribution < 1.29 is 33.4 Å². The minimum absolute atomic E-state index is 0.0152. The summed E-state index contributed by atoms with van der Waals surface area (Å²) in [6, 6.07) is 0. The third-order valence-corrected chi connectivity index (χ3v) is 14.6. The van der Waals surface area contributed by atoms with E-state index >= 15 is 0 Å². The molecule has 4 nitrogen and oxygen atoms in total. The SMILES string of the molecule is CC(C)CCCCCCCCCCCCCCC(=O)[O][Ti](=[O])[O]C1(C2C(C)C2(C)C)C(C)(C)C(C)C12C(C)C2(C)C. The molecule has 6 atom stereocenters. The summed E-state index contributed by atoms with van der Waals surface area (Å²) < 4.78 is 25.8. The number of rotatable bonds is 19. The summed E-state index contributed by atoms with van der Waals surface area (Å²) >= 11 is -3.71. The molecular formula is C36H66O4Ti. The van der Waals surface area contributed by atoms with Gasteiger partial charge in [0.2, 0.25) is 0 Å². The first-order valence-corrected chi connectivity index (χ1v) is 19.4. The first kappa shape index (κ1) is 35.4. The van der Waals surface area contributed by atoms with Gasteiger partial charge in [0.15, 0.2) is 0 Å². The van der Waals surface area contributed by atoms with E-state index in [-0.39, 0.29) is 27.6 Å². The fraction of sp³-hybridized carbons (Fsp3) is 0.972. The van der Waals surface area contributed by atoms with Gasteiger partial charge in [-0.3, -0.25) is 0 Å². The predicted octanol–water partition coefficient (Wildman–Crippen LogP) is 10.8. The normalized spacial score (nSPS) is 34.0. The minimum atomic E-state index is -3.71. The van der Waals surface area contributed by atoms with E-state index in [9.17, 15) is 8.12 Å². The molecule has 3 saturated carbocycles. The van der Waals surface area contributed by atoms with Crippen molar-refractivity contribution in [2.24, 2.45) is 51.2 Å². The molecular weight excluding hydrogens is 544 g/mol. The standard InChI is InChI=1S/C18H36O2.C18H31O.O.Ti/c1-17(2)15-13-11-9-7-5-3-4-6-8-10-12-14-16-18(19)20;1-10-13(14(10,4)5)18(19)16(8,9)12(3)17(18)11(2)15(17,6)7;;/h17H,3-16H2,1-2H3,(H,19,20);10-13H,1-9H3;;/q;-1;;+2/p-1. The Morgan fingerprint density at radius 1 is 0.707 bits per heavy atom. The van der Waals surface area contributed by atoms with Crippen molar-refractivity contribution in [1.82, 2.24) is 0 Å². The molecule has 1 spiro atoms. The van der Waals surface area contributed by atoms with Crippen LogP contribution in [-0.2, 0) is 33.4 Å². The van der Waals surface area contributed by atoms with Crippen LogP contribution < -0.4 is 0 Å². The Morgan fingerprint density at radius 3 is 1.49 bits per heavy atom. The van der Waals surface area contributed by atoms with Gasteiger partial charge in [-0.2, -0.15) is 0 Å². The molecule has 3 aliphatic rings. The third-order valence-electron chi connectivity index (χ3n) is 13.2. The summed E-state index contributed by atoms with van der Waals surface area (Å²) in [6.07, 6.45) is 16.9. The molecule has 5 heteroatoms. The van der Waals surface area contributed by atoms with E-state index in [2.05, 4.69) is 76.2 Å². The second kappa shape index (κ2) is 13.5. The summed E-state index contributed by atoms with van der Waals surface area (Å²) in [6.45, 7) is 25.6. The Kier molecular flexibility index (Phi) is 11.7. The van der Waals surface area contributed by atoms with Crippen LogP contribution in [0.5, 0.6) is 0 Å². The van der Waals surface area contributed by atoms with E-state index in [1.165, 1.54) is 70.6 Å². The molecule has 0 aromatic rings. The van der Waals surface area contributed by atoms with E-state index in [4.69, 9.17) is 6.64 Å². The van der Waals surface area contributed by atoms with Gasteiger partial charge >= 0.3 is 217 Å². The van der Waals surface area contributed by atoms with Gasteiger partial charge in [0.05, 0.1) is 0 Å². The summed E-state index contributed by atoms with van der Waals surface area (Å²) in [5.41, 5.74) is -0.381. The second-order valence-corrected chi connectivity index (χ2v) is 18.0. The molecule has 0 aliphatic heterocycles. The molecule has 0 saturated heterocycles. The van der Waals surface area contributed by atoms with Crippen molar-refractivity contribution >= 4 is 5.97 Å². The number of hydrogen-bond donors (Lipinski definition) is 0. The molecule has 0 amide bonds. The van der Waals surface area contributed by atoms with Crippen LogP contribution in [0.25, 0.3) is 0 Å². The number of carbonyl (C=O) groups is 1. The monoisotopic (exact) mass is 610 g/mol.